The molecule has 1 aromatic rings. The average molecular weight is 225 g/mol. The normalized spacial score (nSPS) is 10.4. The van der Waals surface area contributed by atoms with E-state index in [-0.39, 0.29) is 30.6 Å². The van der Waals surface area contributed by atoms with E-state index in [1.54, 1.807) is 0 Å². The van der Waals surface area contributed by atoms with E-state index in [9.17, 15) is 9.59 Å². The number of aryl methyl sites for hydroxylation is 1. The van der Waals surface area contributed by atoms with Crippen LogP contribution in [0.4, 0.5) is 0 Å². The number of nitrogens with one attached hydrogen (secondary N) is 1. The lowest BCUT2D eigenvalue weighted by Gasteiger charge is -2.08. The van der Waals surface area contributed by atoms with Gasteiger partial charge in [0.15, 0.2) is 0 Å². The summed E-state index contributed by atoms with van der Waals surface area (Å²) in [5, 5.41) is 15.4. The van der Waals surface area contributed by atoms with Crippen LogP contribution >= 0.6 is 0 Å². The Balaban J connectivity index is 2.51. The van der Waals surface area contributed by atoms with Crippen molar-refractivity contribution < 1.29 is 14.7 Å². The molecule has 16 heavy (non-hydrogen) atoms. The van der Waals surface area contributed by atoms with Gasteiger partial charge in [0.2, 0.25) is 5.91 Å². The van der Waals surface area contributed by atoms with Crippen LogP contribution in [0.2, 0.25) is 0 Å². The zero-order valence-corrected chi connectivity index (χ0v) is 9.30. The highest BCUT2D eigenvalue weighted by atomic mass is 16.4. The molecule has 0 saturated carbocycles. The molecule has 0 aliphatic carbocycles. The fourth-order valence-corrected chi connectivity index (χ4v) is 1.29. The predicted octanol–water partition coefficient (Wildman–Crippen LogP) is 0.496. The SMILES string of the molecule is CC(C)NC(=O)CCn1nccc1C(=O)O. The highest BCUT2D eigenvalue weighted by molar-refractivity contribution is 5.85. The number of carboxylic acids is 1. The number of hydrogen-bond donors (Lipinski definition) is 2. The maximum Gasteiger partial charge on any atom is 0.354 e. The van der Waals surface area contributed by atoms with Crippen molar-refractivity contribution in [1.82, 2.24) is 15.1 Å². The van der Waals surface area contributed by atoms with Gasteiger partial charge in [-0.3, -0.25) is 9.48 Å². The summed E-state index contributed by atoms with van der Waals surface area (Å²) in [4.78, 5) is 22.1. The summed E-state index contributed by atoms with van der Waals surface area (Å²) in [5.74, 6) is -1.15. The minimum atomic E-state index is -1.04. The third-order valence-corrected chi connectivity index (χ3v) is 1.94. The van der Waals surface area contributed by atoms with Gasteiger partial charge in [-0.15, -0.1) is 0 Å². The van der Waals surface area contributed by atoms with Crippen LogP contribution in [-0.4, -0.2) is 32.8 Å². The minimum Gasteiger partial charge on any atom is -0.477 e. The summed E-state index contributed by atoms with van der Waals surface area (Å²) in [6, 6.07) is 1.49. The molecule has 0 aromatic carbocycles. The second-order valence-corrected chi connectivity index (χ2v) is 3.72. The molecule has 6 nitrogen and oxygen atoms in total. The highest BCUT2D eigenvalue weighted by Crippen LogP contribution is 2.00. The summed E-state index contributed by atoms with van der Waals surface area (Å²) in [5.41, 5.74) is 0.0948. The number of carbonyl (C=O) groups excluding carboxylic acids is 1. The van der Waals surface area contributed by atoms with E-state index in [0.29, 0.717) is 0 Å². The van der Waals surface area contributed by atoms with Crippen LogP contribution in [0.25, 0.3) is 0 Å². The summed E-state index contributed by atoms with van der Waals surface area (Å²) >= 11 is 0. The second-order valence-electron chi connectivity index (χ2n) is 3.72. The Morgan fingerprint density at radius 2 is 2.25 bits per heavy atom. The fourth-order valence-electron chi connectivity index (χ4n) is 1.29. The van der Waals surface area contributed by atoms with Gasteiger partial charge in [0, 0.05) is 18.7 Å². The van der Waals surface area contributed by atoms with Gasteiger partial charge in [0.1, 0.15) is 5.69 Å². The Morgan fingerprint density at radius 1 is 1.56 bits per heavy atom. The molecule has 1 heterocycles. The lowest BCUT2D eigenvalue weighted by molar-refractivity contribution is -0.121. The number of carbonyl (C=O) groups is 2. The molecule has 0 aliphatic heterocycles. The summed E-state index contributed by atoms with van der Waals surface area (Å²) in [6.07, 6.45) is 1.63. The van der Waals surface area contributed by atoms with Gasteiger partial charge >= 0.3 is 5.97 Å². The van der Waals surface area contributed by atoms with Crippen LogP contribution < -0.4 is 5.32 Å². The summed E-state index contributed by atoms with van der Waals surface area (Å²) < 4.78 is 1.31. The van der Waals surface area contributed by atoms with E-state index in [4.69, 9.17) is 5.11 Å². The van der Waals surface area contributed by atoms with Gasteiger partial charge in [-0.25, -0.2) is 4.79 Å². The molecule has 6 heteroatoms. The van der Waals surface area contributed by atoms with Crippen molar-refractivity contribution in [3.63, 3.8) is 0 Å². The third-order valence-electron chi connectivity index (χ3n) is 1.94. The third kappa shape index (κ3) is 3.38. The molecule has 0 spiro atoms. The lowest BCUT2D eigenvalue weighted by atomic mass is 10.3. The Kier molecular flexibility index (Phi) is 4.04. The number of hydrogen-bond acceptors (Lipinski definition) is 3. The Morgan fingerprint density at radius 3 is 2.81 bits per heavy atom. The molecule has 0 radical (unpaired) electrons. The van der Waals surface area contributed by atoms with Crippen LogP contribution in [0.5, 0.6) is 0 Å². The van der Waals surface area contributed by atoms with E-state index >= 15 is 0 Å². The zero-order chi connectivity index (χ0) is 12.1. The number of rotatable bonds is 5. The van der Waals surface area contributed by atoms with Gasteiger partial charge < -0.3 is 10.4 Å². The van der Waals surface area contributed by atoms with Crippen molar-refractivity contribution in [2.45, 2.75) is 32.9 Å². The van der Waals surface area contributed by atoms with E-state index < -0.39 is 5.97 Å². The van der Waals surface area contributed by atoms with Crippen molar-refractivity contribution in [3.8, 4) is 0 Å². The quantitative estimate of drug-likeness (QED) is 0.764. The van der Waals surface area contributed by atoms with Gasteiger partial charge in [0.05, 0.1) is 6.54 Å². The molecular weight excluding hydrogens is 210 g/mol. The zero-order valence-electron chi connectivity index (χ0n) is 9.30. The molecule has 0 fully saturated rings. The van der Waals surface area contributed by atoms with Gasteiger partial charge in [-0.2, -0.15) is 5.10 Å². The van der Waals surface area contributed by atoms with Gasteiger partial charge in [0.25, 0.3) is 0 Å². The Bertz CT molecular complexity index is 384. The largest absolute Gasteiger partial charge is 0.477 e. The van der Waals surface area contributed by atoms with Crippen molar-refractivity contribution in [1.29, 1.82) is 0 Å². The predicted molar refractivity (Wildman–Crippen MR) is 57.1 cm³/mol. The molecule has 0 bridgehead atoms. The maximum atomic E-state index is 11.3. The summed E-state index contributed by atoms with van der Waals surface area (Å²) in [6.45, 7) is 4.01. The van der Waals surface area contributed by atoms with Crippen molar-refractivity contribution in [3.05, 3.63) is 18.0 Å². The molecule has 0 atom stereocenters. The molecule has 0 unspecified atom stereocenters. The first-order valence-corrected chi connectivity index (χ1v) is 5.05. The molecule has 0 saturated heterocycles. The number of nitrogens with zero attached hydrogens (tertiary/aromatic N) is 2. The standard InChI is InChI=1S/C10H15N3O3/c1-7(2)12-9(14)4-6-13-8(10(15)16)3-5-11-13/h3,5,7H,4,6H2,1-2H3,(H,12,14)(H,15,16). The topological polar surface area (TPSA) is 84.2 Å². The van der Waals surface area contributed by atoms with Crippen molar-refractivity contribution in [2.75, 3.05) is 0 Å². The number of aromatic nitrogens is 2. The van der Waals surface area contributed by atoms with Crippen LogP contribution in [-0.2, 0) is 11.3 Å². The molecule has 0 aliphatic rings. The molecule has 1 aromatic heterocycles. The lowest BCUT2D eigenvalue weighted by Crippen LogP contribution is -2.31. The van der Waals surface area contributed by atoms with E-state index in [2.05, 4.69) is 10.4 Å². The van der Waals surface area contributed by atoms with Crippen LogP contribution in [0, 0.1) is 0 Å². The Labute approximate surface area is 93.3 Å². The van der Waals surface area contributed by atoms with E-state index in [0.717, 1.165) is 0 Å². The molecule has 2 N–H and O–H groups in total. The smallest absolute Gasteiger partial charge is 0.354 e. The van der Waals surface area contributed by atoms with Crippen molar-refractivity contribution in [2.24, 2.45) is 0 Å². The minimum absolute atomic E-state index is 0.0871. The van der Waals surface area contributed by atoms with Crippen LogP contribution in [0.1, 0.15) is 30.8 Å². The second kappa shape index (κ2) is 5.29. The molecule has 1 rings (SSSR count). The van der Waals surface area contributed by atoms with Crippen molar-refractivity contribution >= 4 is 11.9 Å². The van der Waals surface area contributed by atoms with Crippen LogP contribution in [0.3, 0.4) is 0 Å². The fraction of sp³-hybridized carbons (Fsp3) is 0.500. The monoisotopic (exact) mass is 225 g/mol. The molecule has 88 valence electrons. The first-order chi connectivity index (χ1) is 7.50. The van der Waals surface area contributed by atoms with Crippen LogP contribution in [0.15, 0.2) is 12.3 Å². The first-order valence-electron chi connectivity index (χ1n) is 5.05. The number of aromatic carboxylic acids is 1. The molecule has 1 amide bonds. The average Bonchev–Trinajstić information content (AvgIpc) is 2.61. The molecular formula is C10H15N3O3. The maximum absolute atomic E-state index is 11.3. The van der Waals surface area contributed by atoms with E-state index in [1.165, 1.54) is 16.9 Å². The van der Waals surface area contributed by atoms with Gasteiger partial charge in [-0.05, 0) is 19.9 Å². The van der Waals surface area contributed by atoms with Gasteiger partial charge in [-0.1, -0.05) is 0 Å². The Hall–Kier alpha value is -1.85. The van der Waals surface area contributed by atoms with E-state index in [1.807, 2.05) is 13.8 Å². The number of amides is 1. The highest BCUT2D eigenvalue weighted by Gasteiger charge is 2.11. The number of carboxylic acid groups (broad SMARTS) is 1. The summed E-state index contributed by atoms with van der Waals surface area (Å²) in [7, 11) is 0. The first kappa shape index (κ1) is 12.2.